The van der Waals surface area contributed by atoms with E-state index < -0.39 is 0 Å². The number of hydrogen-bond acceptors (Lipinski definition) is 3. The molecule has 3 aromatic rings. The zero-order valence-corrected chi connectivity index (χ0v) is 11.4. The molecule has 2 aromatic carbocycles. The zero-order chi connectivity index (χ0) is 13.5. The normalized spacial score (nSPS) is 14.8. The van der Waals surface area contributed by atoms with Crippen LogP contribution in [0.2, 0.25) is 0 Å². The third kappa shape index (κ3) is 1.59. The molecule has 20 heavy (non-hydrogen) atoms. The van der Waals surface area contributed by atoms with Crippen molar-refractivity contribution < 1.29 is 4.42 Å². The monoisotopic (exact) mass is 264 g/mol. The lowest BCUT2D eigenvalue weighted by molar-refractivity contribution is 0.429. The summed E-state index contributed by atoms with van der Waals surface area (Å²) < 4.78 is 6.07. The Kier molecular flexibility index (Phi) is 2.46. The van der Waals surface area contributed by atoms with Crippen LogP contribution in [-0.4, -0.2) is 18.1 Å². The molecule has 0 bridgehead atoms. The Morgan fingerprint density at radius 3 is 2.70 bits per heavy atom. The molecule has 100 valence electrons. The maximum atomic E-state index is 6.07. The van der Waals surface area contributed by atoms with Crippen LogP contribution in [0.5, 0.6) is 0 Å². The summed E-state index contributed by atoms with van der Waals surface area (Å²) in [6.45, 7) is 4.06. The van der Waals surface area contributed by atoms with Crippen LogP contribution >= 0.6 is 0 Å². The molecule has 1 aliphatic rings. The van der Waals surface area contributed by atoms with Crippen LogP contribution in [0.4, 0.5) is 5.69 Å². The number of nitrogens with zero attached hydrogens (tertiary/aromatic N) is 2. The minimum absolute atomic E-state index is 0.882. The first kappa shape index (κ1) is 11.4. The fraction of sp³-hybridized carbons (Fsp3) is 0.176. The Balaban J connectivity index is 1.90. The number of anilines is 1. The average Bonchev–Trinajstić information content (AvgIpc) is 3.11. The maximum Gasteiger partial charge on any atom is 0.159 e. The second-order valence-corrected chi connectivity index (χ2v) is 5.07. The molecule has 0 atom stereocenters. The Labute approximate surface area is 117 Å². The number of para-hydroxylation sites is 2. The van der Waals surface area contributed by atoms with Gasteiger partial charge in [0.1, 0.15) is 5.58 Å². The largest absolute Gasteiger partial charge is 0.454 e. The van der Waals surface area contributed by atoms with E-state index >= 15 is 0 Å². The minimum atomic E-state index is 0.882. The van der Waals surface area contributed by atoms with Gasteiger partial charge in [-0.1, -0.05) is 30.3 Å². The van der Waals surface area contributed by atoms with Crippen molar-refractivity contribution in [1.29, 1.82) is 0 Å². The van der Waals surface area contributed by atoms with Crippen LogP contribution in [0.25, 0.3) is 21.9 Å². The van der Waals surface area contributed by atoms with Crippen molar-refractivity contribution >= 4 is 27.6 Å². The number of rotatable bonds is 2. The van der Waals surface area contributed by atoms with Gasteiger partial charge in [-0.25, -0.2) is 0 Å². The van der Waals surface area contributed by atoms with Gasteiger partial charge in [0.2, 0.25) is 0 Å². The van der Waals surface area contributed by atoms with Crippen LogP contribution in [0.1, 0.15) is 6.92 Å². The summed E-state index contributed by atoms with van der Waals surface area (Å²) in [7, 11) is 0. The molecule has 4 rings (SSSR count). The molecule has 2 heterocycles. The summed E-state index contributed by atoms with van der Waals surface area (Å²) in [6.07, 6.45) is 4.24. The molecule has 1 aromatic heterocycles. The van der Waals surface area contributed by atoms with Gasteiger partial charge in [-0.05, 0) is 19.1 Å². The van der Waals surface area contributed by atoms with E-state index in [1.807, 2.05) is 12.1 Å². The van der Waals surface area contributed by atoms with Crippen molar-refractivity contribution in [2.45, 2.75) is 6.92 Å². The molecular formula is C17H16N2O. The summed E-state index contributed by atoms with van der Waals surface area (Å²) in [4.78, 5) is 4.50. The molecule has 0 spiro atoms. The second kappa shape index (κ2) is 4.30. The van der Waals surface area contributed by atoms with E-state index in [-0.39, 0.29) is 0 Å². The van der Waals surface area contributed by atoms with Crippen molar-refractivity contribution in [2.24, 2.45) is 0 Å². The van der Waals surface area contributed by atoms with Gasteiger partial charge in [0.05, 0.1) is 12.4 Å². The van der Waals surface area contributed by atoms with E-state index in [9.17, 15) is 0 Å². The van der Waals surface area contributed by atoms with Gasteiger partial charge in [-0.2, -0.15) is 0 Å². The van der Waals surface area contributed by atoms with Gasteiger partial charge >= 0.3 is 0 Å². The second-order valence-electron chi connectivity index (χ2n) is 5.07. The summed E-state index contributed by atoms with van der Waals surface area (Å²) in [5.41, 5.74) is 3.05. The molecule has 3 heteroatoms. The number of benzene rings is 2. The molecule has 0 radical (unpaired) electrons. The van der Waals surface area contributed by atoms with Crippen molar-refractivity contribution in [3.63, 3.8) is 0 Å². The maximum absolute atomic E-state index is 6.07. The molecule has 0 aliphatic carbocycles. The minimum Gasteiger partial charge on any atom is -0.454 e. The lowest BCUT2D eigenvalue weighted by Crippen LogP contribution is -2.24. The molecular weight excluding hydrogens is 248 g/mol. The van der Waals surface area contributed by atoms with Gasteiger partial charge in [0.25, 0.3) is 0 Å². The topological polar surface area (TPSA) is 19.6 Å². The predicted octanol–water partition coefficient (Wildman–Crippen LogP) is 4.16. The molecule has 0 amide bonds. The first-order valence-corrected chi connectivity index (χ1v) is 6.96. The predicted molar refractivity (Wildman–Crippen MR) is 82.6 cm³/mol. The lowest BCUT2D eigenvalue weighted by Gasteiger charge is -2.20. The van der Waals surface area contributed by atoms with Crippen LogP contribution < -0.4 is 4.90 Å². The van der Waals surface area contributed by atoms with E-state index in [4.69, 9.17) is 4.42 Å². The highest BCUT2D eigenvalue weighted by atomic mass is 16.3. The number of furan rings is 1. The van der Waals surface area contributed by atoms with Crippen molar-refractivity contribution in [3.8, 4) is 0 Å². The summed E-state index contributed by atoms with van der Waals surface area (Å²) in [5.74, 6) is 0. The SMILES string of the molecule is CCN1C=CN(c2cccc3c2oc2ccccc23)C1. The fourth-order valence-electron chi connectivity index (χ4n) is 2.79. The van der Waals surface area contributed by atoms with E-state index in [0.717, 1.165) is 30.1 Å². The zero-order valence-electron chi connectivity index (χ0n) is 11.4. The van der Waals surface area contributed by atoms with Crippen molar-refractivity contribution in [3.05, 3.63) is 54.9 Å². The van der Waals surface area contributed by atoms with Gasteiger partial charge in [0, 0.05) is 29.7 Å². The highest BCUT2D eigenvalue weighted by Crippen LogP contribution is 2.35. The van der Waals surface area contributed by atoms with E-state index in [1.54, 1.807) is 0 Å². The Morgan fingerprint density at radius 1 is 1.00 bits per heavy atom. The first-order chi connectivity index (χ1) is 9.86. The van der Waals surface area contributed by atoms with Crippen LogP contribution in [-0.2, 0) is 0 Å². The van der Waals surface area contributed by atoms with Crippen LogP contribution in [0, 0.1) is 0 Å². The molecule has 1 aliphatic heterocycles. The van der Waals surface area contributed by atoms with E-state index in [1.165, 1.54) is 10.8 Å². The highest BCUT2D eigenvalue weighted by Gasteiger charge is 2.17. The molecule has 0 saturated carbocycles. The van der Waals surface area contributed by atoms with Crippen molar-refractivity contribution in [2.75, 3.05) is 18.1 Å². The summed E-state index contributed by atoms with van der Waals surface area (Å²) in [5, 5.41) is 2.36. The van der Waals surface area contributed by atoms with Gasteiger partial charge in [-0.15, -0.1) is 0 Å². The number of hydrogen-bond donors (Lipinski definition) is 0. The molecule has 0 unspecified atom stereocenters. The Morgan fingerprint density at radius 2 is 1.85 bits per heavy atom. The number of fused-ring (bicyclic) bond motifs is 3. The average molecular weight is 264 g/mol. The first-order valence-electron chi connectivity index (χ1n) is 6.96. The Bertz CT molecular complexity index is 803. The third-order valence-electron chi connectivity index (χ3n) is 3.89. The molecule has 0 N–H and O–H groups in total. The van der Waals surface area contributed by atoms with Gasteiger partial charge < -0.3 is 14.2 Å². The van der Waals surface area contributed by atoms with Gasteiger partial charge in [0.15, 0.2) is 5.58 Å². The summed E-state index contributed by atoms with van der Waals surface area (Å²) in [6, 6.07) is 14.6. The van der Waals surface area contributed by atoms with E-state index in [2.05, 4.69) is 59.5 Å². The molecule has 3 nitrogen and oxygen atoms in total. The van der Waals surface area contributed by atoms with Gasteiger partial charge in [-0.3, -0.25) is 0 Å². The molecule has 0 saturated heterocycles. The highest BCUT2D eigenvalue weighted by molar-refractivity contribution is 6.09. The summed E-state index contributed by atoms with van der Waals surface area (Å²) >= 11 is 0. The van der Waals surface area contributed by atoms with Crippen LogP contribution in [0.15, 0.2) is 59.3 Å². The van der Waals surface area contributed by atoms with Crippen molar-refractivity contribution in [1.82, 2.24) is 4.90 Å². The fourth-order valence-corrected chi connectivity index (χ4v) is 2.79. The molecule has 0 fully saturated rings. The van der Waals surface area contributed by atoms with E-state index in [0.29, 0.717) is 0 Å². The third-order valence-corrected chi connectivity index (χ3v) is 3.89. The van der Waals surface area contributed by atoms with Crippen LogP contribution in [0.3, 0.4) is 0 Å². The smallest absolute Gasteiger partial charge is 0.159 e. The lowest BCUT2D eigenvalue weighted by atomic mass is 10.1. The standard InChI is InChI=1S/C17H16N2O/c1-2-18-10-11-19(12-18)15-8-5-7-14-13-6-3-4-9-16(13)20-17(14)15/h3-11H,2,12H2,1H3. The Hall–Kier alpha value is -2.42. The quantitative estimate of drug-likeness (QED) is 0.693.